The fourth-order valence-electron chi connectivity index (χ4n) is 6.39. The molecule has 4 heterocycles. The SMILES string of the molecule is C=CC1C[NH+]2CCC1CC2[C@H](O)c1ccnc2ccccc12.[2H][C@](C)(C1CCCCC1)[C@H](C)[O-]. The van der Waals surface area contributed by atoms with Crippen molar-refractivity contribution in [3.8, 4) is 0 Å². The van der Waals surface area contributed by atoms with Crippen molar-refractivity contribution in [3.05, 3.63) is 54.7 Å². The van der Waals surface area contributed by atoms with Gasteiger partial charge in [-0.25, -0.2) is 0 Å². The lowest BCUT2D eigenvalue weighted by Crippen LogP contribution is -3.20. The molecular weight excluding hydrogens is 408 g/mol. The number of hydrogen-bond acceptors (Lipinski definition) is 3. The Kier molecular flexibility index (Phi) is 7.75. The molecule has 180 valence electrons. The van der Waals surface area contributed by atoms with E-state index < -0.39 is 18.1 Å². The zero-order valence-electron chi connectivity index (χ0n) is 21.4. The van der Waals surface area contributed by atoms with E-state index in [1.165, 1.54) is 32.2 Å². The predicted octanol–water partition coefficient (Wildman–Crippen LogP) is 3.70. The summed E-state index contributed by atoms with van der Waals surface area (Å²) < 4.78 is 7.96. The Morgan fingerprint density at radius 1 is 1.18 bits per heavy atom. The molecule has 7 atom stereocenters. The number of aromatic nitrogens is 1. The lowest BCUT2D eigenvalue weighted by molar-refractivity contribution is -0.949. The third kappa shape index (κ3) is 5.50. The van der Waals surface area contributed by atoms with Crippen LogP contribution in [0.3, 0.4) is 0 Å². The summed E-state index contributed by atoms with van der Waals surface area (Å²) >= 11 is 0. The van der Waals surface area contributed by atoms with Gasteiger partial charge >= 0.3 is 0 Å². The second kappa shape index (κ2) is 11.1. The first kappa shape index (κ1) is 23.0. The van der Waals surface area contributed by atoms with Crippen LogP contribution in [-0.4, -0.2) is 35.3 Å². The van der Waals surface area contributed by atoms with Crippen LogP contribution in [0.2, 0.25) is 0 Å². The highest BCUT2D eigenvalue weighted by atomic mass is 16.3. The molecule has 2 aromatic rings. The number of quaternary nitrogens is 1. The molecule has 0 spiro atoms. The Hall–Kier alpha value is -1.75. The lowest BCUT2D eigenvalue weighted by Gasteiger charge is -2.47. The van der Waals surface area contributed by atoms with Gasteiger partial charge in [0.05, 0.1) is 18.6 Å². The fourth-order valence-corrected chi connectivity index (χ4v) is 6.39. The zero-order valence-corrected chi connectivity index (χ0v) is 20.4. The van der Waals surface area contributed by atoms with Crippen LogP contribution in [0.1, 0.15) is 71.8 Å². The molecule has 0 amide bonds. The first-order chi connectivity index (χ1) is 16.3. The highest BCUT2D eigenvalue weighted by Crippen LogP contribution is 2.34. The molecule has 4 aliphatic rings. The topological polar surface area (TPSA) is 60.6 Å². The quantitative estimate of drug-likeness (QED) is 0.682. The smallest absolute Gasteiger partial charge is 0.131 e. The summed E-state index contributed by atoms with van der Waals surface area (Å²) in [6.45, 7) is 9.73. The molecule has 1 aromatic carbocycles. The summed E-state index contributed by atoms with van der Waals surface area (Å²) in [7, 11) is 0. The van der Waals surface area contributed by atoms with Crippen molar-refractivity contribution in [3.63, 3.8) is 0 Å². The number of pyridine rings is 1. The molecule has 4 unspecified atom stereocenters. The molecular formula is C29H42N2O2. The van der Waals surface area contributed by atoms with Crippen LogP contribution in [0.25, 0.3) is 10.9 Å². The molecule has 1 aromatic heterocycles. The maximum absolute atomic E-state index is 11.3. The monoisotopic (exact) mass is 451 g/mol. The Labute approximate surface area is 201 Å². The van der Waals surface area contributed by atoms with E-state index in [0.717, 1.165) is 42.3 Å². The number of fused-ring (bicyclic) bond motifs is 4. The van der Waals surface area contributed by atoms with Crippen molar-refractivity contribution in [2.24, 2.45) is 23.6 Å². The molecule has 3 saturated heterocycles. The van der Waals surface area contributed by atoms with Crippen molar-refractivity contribution in [2.75, 3.05) is 13.1 Å². The Morgan fingerprint density at radius 2 is 1.94 bits per heavy atom. The van der Waals surface area contributed by atoms with Crippen molar-refractivity contribution in [1.29, 1.82) is 0 Å². The van der Waals surface area contributed by atoms with E-state index in [4.69, 9.17) is 1.37 Å². The minimum Gasteiger partial charge on any atom is -0.852 e. The molecule has 2 bridgehead atoms. The number of nitrogens with zero attached hydrogens (tertiary/aromatic N) is 1. The average molecular weight is 452 g/mol. The van der Waals surface area contributed by atoms with Crippen LogP contribution in [0.15, 0.2) is 49.2 Å². The lowest BCUT2D eigenvalue weighted by atomic mass is 9.73. The van der Waals surface area contributed by atoms with Crippen LogP contribution >= 0.6 is 0 Å². The minimum atomic E-state index is -0.749. The summed E-state index contributed by atoms with van der Waals surface area (Å²) in [5.41, 5.74) is 2.00. The van der Waals surface area contributed by atoms with E-state index in [9.17, 15) is 10.2 Å². The molecule has 4 nitrogen and oxygen atoms in total. The number of piperidine rings is 3. The van der Waals surface area contributed by atoms with Crippen LogP contribution in [0, 0.1) is 23.6 Å². The predicted molar refractivity (Wildman–Crippen MR) is 133 cm³/mol. The summed E-state index contributed by atoms with van der Waals surface area (Å²) in [6, 6.07) is 10.4. The maximum Gasteiger partial charge on any atom is 0.131 e. The Bertz CT molecular complexity index is 951. The van der Waals surface area contributed by atoms with Gasteiger partial charge in [0.25, 0.3) is 0 Å². The zero-order chi connectivity index (χ0) is 24.3. The van der Waals surface area contributed by atoms with Gasteiger partial charge in [0.1, 0.15) is 12.1 Å². The summed E-state index contributed by atoms with van der Waals surface area (Å²) in [5.74, 6) is 0.934. The first-order valence-electron chi connectivity index (χ1n) is 13.5. The van der Waals surface area contributed by atoms with E-state index in [2.05, 4.69) is 23.7 Å². The minimum absolute atomic E-state index is 0.306. The van der Waals surface area contributed by atoms with Gasteiger partial charge in [0.15, 0.2) is 0 Å². The standard InChI is InChI=1S/C19H22N2O.C10H19O/c1-2-13-12-21-10-8-14(13)11-18(21)19(22)16-7-9-20-17-6-4-3-5-15(16)17;1-8(9(2)11)10-6-4-3-5-7-10/h2-7,9,13-14,18-19,22H,1,8,10-12H2;8-10H,3-7H2,1-2H3/q;-1/p+1/t13?,14?,18?,19-;8-,9+/m11/s1/i;8D. The van der Waals surface area contributed by atoms with Crippen LogP contribution in [0.5, 0.6) is 0 Å². The molecule has 6 rings (SSSR count). The second-order valence-corrected chi connectivity index (χ2v) is 10.5. The summed E-state index contributed by atoms with van der Waals surface area (Å²) in [5, 5.41) is 23.4. The van der Waals surface area contributed by atoms with Crippen molar-refractivity contribution in [2.45, 2.75) is 77.0 Å². The molecule has 0 radical (unpaired) electrons. The average Bonchev–Trinajstić information content (AvgIpc) is 2.89. The highest BCUT2D eigenvalue weighted by molar-refractivity contribution is 5.82. The van der Waals surface area contributed by atoms with E-state index in [0.29, 0.717) is 23.8 Å². The van der Waals surface area contributed by atoms with Crippen molar-refractivity contribution < 1.29 is 16.5 Å². The number of aliphatic hydroxyl groups is 1. The number of para-hydroxylation sites is 1. The molecule has 4 heteroatoms. The highest BCUT2D eigenvalue weighted by Gasteiger charge is 2.45. The van der Waals surface area contributed by atoms with E-state index >= 15 is 0 Å². The van der Waals surface area contributed by atoms with Crippen LogP contribution in [0.4, 0.5) is 0 Å². The third-order valence-corrected chi connectivity index (χ3v) is 8.60. The van der Waals surface area contributed by atoms with E-state index in [1.54, 1.807) is 18.7 Å². The maximum atomic E-state index is 11.3. The van der Waals surface area contributed by atoms with Crippen molar-refractivity contribution >= 4 is 10.9 Å². The second-order valence-electron chi connectivity index (χ2n) is 10.5. The molecule has 1 aliphatic carbocycles. The normalized spacial score (nSPS) is 31.6. The van der Waals surface area contributed by atoms with E-state index in [-0.39, 0.29) is 0 Å². The molecule has 3 aliphatic heterocycles. The molecule has 33 heavy (non-hydrogen) atoms. The van der Waals surface area contributed by atoms with Gasteiger partial charge in [0.2, 0.25) is 0 Å². The summed E-state index contributed by atoms with van der Waals surface area (Å²) in [6.07, 6.45) is 11.1. The van der Waals surface area contributed by atoms with Gasteiger partial charge in [-0.3, -0.25) is 4.98 Å². The fraction of sp³-hybridized carbons (Fsp3) is 0.621. The Balaban J connectivity index is 0.000000195. The number of hydrogen-bond donors (Lipinski definition) is 2. The number of aliphatic hydroxyl groups excluding tert-OH is 1. The number of nitrogens with one attached hydrogen (secondary N) is 1. The van der Waals surface area contributed by atoms with Gasteiger partial charge in [0, 0.05) is 31.7 Å². The van der Waals surface area contributed by atoms with Crippen LogP contribution < -0.4 is 10.0 Å². The van der Waals surface area contributed by atoms with Gasteiger partial charge in [-0.15, -0.1) is 12.7 Å². The molecule has 1 saturated carbocycles. The molecule has 4 fully saturated rings. The largest absolute Gasteiger partial charge is 0.852 e. The van der Waals surface area contributed by atoms with Crippen LogP contribution in [-0.2, 0) is 0 Å². The number of benzene rings is 1. The van der Waals surface area contributed by atoms with E-state index in [1.807, 2.05) is 30.5 Å². The summed E-state index contributed by atoms with van der Waals surface area (Å²) in [4.78, 5) is 5.95. The van der Waals surface area contributed by atoms with Gasteiger partial charge < -0.3 is 15.1 Å². The number of rotatable bonds is 5. The van der Waals surface area contributed by atoms with Gasteiger partial charge in [-0.2, -0.15) is 0 Å². The molecule has 2 N–H and O–H groups in total. The Morgan fingerprint density at radius 3 is 2.61 bits per heavy atom. The first-order valence-corrected chi connectivity index (χ1v) is 13.0. The third-order valence-electron chi connectivity index (χ3n) is 8.60. The van der Waals surface area contributed by atoms with Crippen molar-refractivity contribution in [1.82, 2.24) is 4.98 Å². The van der Waals surface area contributed by atoms with Gasteiger partial charge in [-0.1, -0.05) is 76.1 Å². The van der Waals surface area contributed by atoms with Gasteiger partial charge in [-0.05, 0) is 29.5 Å².